The van der Waals surface area contributed by atoms with Crippen LogP contribution in [-0.2, 0) is 19.4 Å². The van der Waals surface area contributed by atoms with Crippen molar-refractivity contribution >= 4 is 16.9 Å². The second-order valence-electron chi connectivity index (χ2n) is 6.92. The molecule has 0 fully saturated rings. The van der Waals surface area contributed by atoms with Crippen LogP contribution in [0.1, 0.15) is 27.2 Å². The number of carboxylic acid groups (broad SMARTS) is 1. The van der Waals surface area contributed by atoms with Gasteiger partial charge in [-0.3, -0.25) is 4.79 Å². The van der Waals surface area contributed by atoms with Crippen LogP contribution in [0.15, 0.2) is 23.0 Å². The van der Waals surface area contributed by atoms with Gasteiger partial charge in [-0.05, 0) is 44.6 Å². The van der Waals surface area contributed by atoms with E-state index in [1.807, 2.05) is 26.2 Å². The Kier molecular flexibility index (Phi) is 3.62. The molecule has 1 aliphatic rings. The number of aromatic carboxylic acids is 1. The second-order valence-corrected chi connectivity index (χ2v) is 6.92. The number of aromatic hydroxyl groups is 1. The zero-order valence-electron chi connectivity index (χ0n) is 14.5. The van der Waals surface area contributed by atoms with E-state index in [2.05, 4.69) is 20.9 Å². The maximum absolute atomic E-state index is 12.1. The smallest absolute Gasteiger partial charge is 0.345 e. The van der Waals surface area contributed by atoms with E-state index in [9.17, 15) is 19.8 Å². The van der Waals surface area contributed by atoms with Gasteiger partial charge in [0, 0.05) is 34.3 Å². The van der Waals surface area contributed by atoms with Crippen molar-refractivity contribution in [1.29, 1.82) is 0 Å². The van der Waals surface area contributed by atoms with Crippen LogP contribution >= 0.6 is 0 Å². The lowest BCUT2D eigenvalue weighted by Crippen LogP contribution is -2.22. The molecule has 2 heterocycles. The first-order chi connectivity index (χ1) is 12.4. The van der Waals surface area contributed by atoms with Crippen molar-refractivity contribution in [3.05, 3.63) is 50.9 Å². The average Bonchev–Trinajstić information content (AvgIpc) is 2.95. The molecule has 0 amide bonds. The number of fused-ring (bicyclic) bond motifs is 5. The van der Waals surface area contributed by atoms with Gasteiger partial charge in [-0.2, -0.15) is 0 Å². The molecule has 0 bridgehead atoms. The normalized spacial score (nSPS) is 13.0. The van der Waals surface area contributed by atoms with Crippen LogP contribution in [-0.4, -0.2) is 45.1 Å². The van der Waals surface area contributed by atoms with E-state index in [1.165, 1.54) is 0 Å². The van der Waals surface area contributed by atoms with Crippen molar-refractivity contribution in [2.24, 2.45) is 0 Å². The molecule has 0 unspecified atom stereocenters. The largest absolute Gasteiger partial charge is 0.506 e. The van der Waals surface area contributed by atoms with Gasteiger partial charge in [-0.15, -0.1) is 0 Å². The third kappa shape index (κ3) is 2.40. The first-order valence-electron chi connectivity index (χ1n) is 8.36. The third-order valence-corrected chi connectivity index (χ3v) is 4.86. The number of hydrogen-bond donors (Lipinski definition) is 4. The van der Waals surface area contributed by atoms with Crippen LogP contribution in [0.25, 0.3) is 22.2 Å². The molecule has 1 aliphatic carbocycles. The van der Waals surface area contributed by atoms with Gasteiger partial charge in [0.1, 0.15) is 5.75 Å². The molecule has 7 heteroatoms. The Hall–Kier alpha value is -3.06. The van der Waals surface area contributed by atoms with Crippen molar-refractivity contribution in [3.8, 4) is 17.0 Å². The number of pyridine rings is 1. The van der Waals surface area contributed by atoms with Crippen LogP contribution in [0.5, 0.6) is 5.75 Å². The number of aromatic amines is 2. The molecule has 0 saturated heterocycles. The van der Waals surface area contributed by atoms with Gasteiger partial charge in [0.15, 0.2) is 5.56 Å². The number of H-pyrrole nitrogens is 2. The fourth-order valence-corrected chi connectivity index (χ4v) is 3.80. The molecule has 7 nitrogen and oxygen atoms in total. The Bertz CT molecular complexity index is 1110. The predicted octanol–water partition coefficient (Wildman–Crippen LogP) is 2.09. The standard InChI is InChI=1S/C19H19N3O4/c1-22(2)8-9-7-13-10-3-4-12-16(11(10)5-6-14(13)20-9)21-18(24)15(17(12)23)19(25)26/h5-7,20H,3-4,8H2,1-2H3,(H,25,26)(H2,21,23,24). The monoisotopic (exact) mass is 353 g/mol. The van der Waals surface area contributed by atoms with E-state index in [0.717, 1.165) is 34.3 Å². The SMILES string of the molecule is CN(C)Cc1cc2c3c(ccc2[nH]1)-c1[nH]c(=O)c(C(=O)O)c(O)c1CC3. The molecule has 26 heavy (non-hydrogen) atoms. The molecule has 4 rings (SSSR count). The Balaban J connectivity index is 1.93. The van der Waals surface area contributed by atoms with Crippen molar-refractivity contribution in [1.82, 2.24) is 14.9 Å². The molecular formula is C19H19N3O4. The summed E-state index contributed by atoms with van der Waals surface area (Å²) < 4.78 is 0. The summed E-state index contributed by atoms with van der Waals surface area (Å²) in [6, 6.07) is 5.97. The van der Waals surface area contributed by atoms with Crippen LogP contribution in [0.3, 0.4) is 0 Å². The Morgan fingerprint density at radius 3 is 2.62 bits per heavy atom. The summed E-state index contributed by atoms with van der Waals surface area (Å²) in [4.78, 5) is 31.5. The topological polar surface area (TPSA) is 109 Å². The minimum atomic E-state index is -1.42. The molecule has 134 valence electrons. The van der Waals surface area contributed by atoms with Gasteiger partial charge in [-0.1, -0.05) is 6.07 Å². The average molecular weight is 353 g/mol. The number of rotatable bonds is 3. The van der Waals surface area contributed by atoms with E-state index in [-0.39, 0.29) is 0 Å². The third-order valence-electron chi connectivity index (χ3n) is 4.86. The quantitative estimate of drug-likeness (QED) is 0.576. The maximum Gasteiger partial charge on any atom is 0.345 e. The van der Waals surface area contributed by atoms with E-state index >= 15 is 0 Å². The lowest BCUT2D eigenvalue weighted by Gasteiger charge is -2.21. The molecule has 0 spiro atoms. The Morgan fingerprint density at radius 1 is 1.19 bits per heavy atom. The van der Waals surface area contributed by atoms with E-state index in [1.54, 1.807) is 0 Å². The molecule has 0 aliphatic heterocycles. The number of carboxylic acids is 1. The number of carbonyl (C=O) groups is 1. The lowest BCUT2D eigenvalue weighted by atomic mass is 9.86. The second kappa shape index (κ2) is 5.74. The van der Waals surface area contributed by atoms with Gasteiger partial charge >= 0.3 is 5.97 Å². The fraction of sp³-hybridized carbons (Fsp3) is 0.263. The first-order valence-corrected chi connectivity index (χ1v) is 8.36. The number of aromatic nitrogens is 2. The summed E-state index contributed by atoms with van der Waals surface area (Å²) in [7, 11) is 4.01. The van der Waals surface area contributed by atoms with Gasteiger partial charge in [0.05, 0.1) is 5.69 Å². The Morgan fingerprint density at radius 2 is 1.92 bits per heavy atom. The molecule has 0 atom stereocenters. The van der Waals surface area contributed by atoms with Crippen LogP contribution < -0.4 is 5.56 Å². The molecule has 0 saturated carbocycles. The van der Waals surface area contributed by atoms with Crippen molar-refractivity contribution in [2.75, 3.05) is 14.1 Å². The van der Waals surface area contributed by atoms with E-state index in [4.69, 9.17) is 0 Å². The molecule has 4 N–H and O–H groups in total. The molecule has 3 aromatic rings. The van der Waals surface area contributed by atoms with Crippen LogP contribution in [0, 0.1) is 0 Å². The fourth-order valence-electron chi connectivity index (χ4n) is 3.80. The molecular weight excluding hydrogens is 334 g/mol. The zero-order chi connectivity index (χ0) is 18.6. The number of nitrogens with zero attached hydrogens (tertiary/aromatic N) is 1. The van der Waals surface area contributed by atoms with E-state index in [0.29, 0.717) is 24.1 Å². The minimum absolute atomic E-state index is 0.427. The Labute approximate surface area is 148 Å². The summed E-state index contributed by atoms with van der Waals surface area (Å²) >= 11 is 0. The highest BCUT2D eigenvalue weighted by Gasteiger charge is 2.27. The highest BCUT2D eigenvalue weighted by molar-refractivity contribution is 5.95. The minimum Gasteiger partial charge on any atom is -0.506 e. The molecule has 0 radical (unpaired) electrons. The maximum atomic E-state index is 12.1. The molecule has 1 aromatic carbocycles. The summed E-state index contributed by atoms with van der Waals surface area (Å²) in [5.41, 5.74) is 3.66. The predicted molar refractivity (Wildman–Crippen MR) is 97.8 cm³/mol. The summed E-state index contributed by atoms with van der Waals surface area (Å²) in [6.07, 6.45) is 1.14. The van der Waals surface area contributed by atoms with Crippen LogP contribution in [0.2, 0.25) is 0 Å². The highest BCUT2D eigenvalue weighted by atomic mass is 16.4. The summed E-state index contributed by atoms with van der Waals surface area (Å²) in [6.45, 7) is 0.791. The van der Waals surface area contributed by atoms with Gasteiger partial charge < -0.3 is 25.1 Å². The molecule has 2 aromatic heterocycles. The highest BCUT2D eigenvalue weighted by Crippen LogP contribution is 2.39. The summed E-state index contributed by atoms with van der Waals surface area (Å²) in [5.74, 6) is -1.85. The number of benzene rings is 1. The zero-order valence-corrected chi connectivity index (χ0v) is 14.5. The first kappa shape index (κ1) is 16.4. The van der Waals surface area contributed by atoms with Crippen LogP contribution in [0.4, 0.5) is 0 Å². The van der Waals surface area contributed by atoms with Crippen molar-refractivity contribution in [3.63, 3.8) is 0 Å². The van der Waals surface area contributed by atoms with Gasteiger partial charge in [0.25, 0.3) is 5.56 Å². The van der Waals surface area contributed by atoms with E-state index < -0.39 is 22.8 Å². The number of aryl methyl sites for hydroxylation is 1. The number of nitrogens with one attached hydrogen (secondary N) is 2. The van der Waals surface area contributed by atoms with Crippen molar-refractivity contribution < 1.29 is 15.0 Å². The summed E-state index contributed by atoms with van der Waals surface area (Å²) in [5, 5.41) is 20.6. The van der Waals surface area contributed by atoms with Gasteiger partial charge in [0.2, 0.25) is 0 Å². The van der Waals surface area contributed by atoms with Crippen molar-refractivity contribution in [2.45, 2.75) is 19.4 Å². The lowest BCUT2D eigenvalue weighted by molar-refractivity contribution is 0.0691. The number of hydrogen-bond acceptors (Lipinski definition) is 4. The van der Waals surface area contributed by atoms with Gasteiger partial charge in [-0.25, -0.2) is 4.79 Å².